The van der Waals surface area contributed by atoms with Crippen LogP contribution in [0.5, 0.6) is 11.5 Å². The second kappa shape index (κ2) is 9.00. The Bertz CT molecular complexity index is 1030. The molecular formula is C21H17BrFNO5. The van der Waals surface area contributed by atoms with Gasteiger partial charge in [-0.2, -0.15) is 0 Å². The van der Waals surface area contributed by atoms with E-state index in [1.807, 2.05) is 0 Å². The number of aliphatic imine (C=N–C) groups is 1. The summed E-state index contributed by atoms with van der Waals surface area (Å²) in [5.41, 5.74) is 0.990. The van der Waals surface area contributed by atoms with Crippen LogP contribution in [-0.4, -0.2) is 24.4 Å². The van der Waals surface area contributed by atoms with Gasteiger partial charge in [0.25, 0.3) is 0 Å². The van der Waals surface area contributed by atoms with E-state index in [1.54, 1.807) is 32.0 Å². The van der Waals surface area contributed by atoms with Crippen molar-refractivity contribution >= 4 is 39.8 Å². The Kier molecular flexibility index (Phi) is 6.43. The van der Waals surface area contributed by atoms with E-state index in [0.29, 0.717) is 28.0 Å². The van der Waals surface area contributed by atoms with Crippen LogP contribution in [0.3, 0.4) is 0 Å². The van der Waals surface area contributed by atoms with Crippen LogP contribution in [0.1, 0.15) is 31.4 Å². The van der Waals surface area contributed by atoms with Crippen molar-refractivity contribution in [2.24, 2.45) is 4.99 Å². The van der Waals surface area contributed by atoms with E-state index >= 15 is 0 Å². The minimum atomic E-state index is -0.653. The molecule has 0 spiro atoms. The van der Waals surface area contributed by atoms with Crippen molar-refractivity contribution in [3.8, 4) is 11.5 Å². The highest BCUT2D eigenvalue weighted by atomic mass is 79.9. The lowest BCUT2D eigenvalue weighted by molar-refractivity contribution is -0.134. The molecule has 0 radical (unpaired) electrons. The summed E-state index contributed by atoms with van der Waals surface area (Å²) in [7, 11) is 0. The fraction of sp³-hybridized carbons (Fsp3) is 0.190. The zero-order chi connectivity index (χ0) is 21.0. The Morgan fingerprint density at radius 3 is 2.76 bits per heavy atom. The van der Waals surface area contributed by atoms with E-state index in [-0.39, 0.29) is 23.8 Å². The largest absolute Gasteiger partial charge is 0.490 e. The number of hydrogen-bond acceptors (Lipinski definition) is 6. The van der Waals surface area contributed by atoms with Crippen LogP contribution in [-0.2, 0) is 14.3 Å². The molecule has 2 aromatic carbocycles. The zero-order valence-electron chi connectivity index (χ0n) is 15.7. The van der Waals surface area contributed by atoms with Gasteiger partial charge < -0.3 is 14.2 Å². The van der Waals surface area contributed by atoms with Gasteiger partial charge in [0.05, 0.1) is 11.1 Å². The summed E-state index contributed by atoms with van der Waals surface area (Å²) in [6, 6.07) is 8.91. The van der Waals surface area contributed by atoms with Crippen molar-refractivity contribution in [1.29, 1.82) is 0 Å². The van der Waals surface area contributed by atoms with Crippen LogP contribution in [0.2, 0.25) is 0 Å². The number of esters is 2. The fourth-order valence-electron chi connectivity index (χ4n) is 2.53. The number of cyclic esters (lactones) is 1. The molecule has 0 atom stereocenters. The Morgan fingerprint density at radius 2 is 2.07 bits per heavy atom. The van der Waals surface area contributed by atoms with Crippen LogP contribution in [0.4, 0.5) is 4.39 Å². The first-order valence-corrected chi connectivity index (χ1v) is 9.66. The molecule has 8 heteroatoms. The Balaban J connectivity index is 1.96. The summed E-state index contributed by atoms with van der Waals surface area (Å²) in [5.74, 6) is -0.879. The first-order valence-electron chi connectivity index (χ1n) is 8.86. The minimum absolute atomic E-state index is 0.0262. The fourth-order valence-corrected chi connectivity index (χ4v) is 3.07. The number of benzene rings is 2. The number of halogens is 2. The number of nitrogens with zero attached hydrogens (tertiary/aromatic N) is 1. The summed E-state index contributed by atoms with van der Waals surface area (Å²) < 4.78 is 29.9. The SMILES string of the molecule is CCOc1cc(/C=C2\N=C(c3cccc(F)c3)OC2=O)cc(Br)c1OC(=O)CC. The van der Waals surface area contributed by atoms with Crippen molar-refractivity contribution in [1.82, 2.24) is 0 Å². The van der Waals surface area contributed by atoms with Gasteiger partial charge in [-0.15, -0.1) is 0 Å². The van der Waals surface area contributed by atoms with Crippen molar-refractivity contribution in [2.75, 3.05) is 6.61 Å². The molecule has 29 heavy (non-hydrogen) atoms. The number of carbonyl (C=O) groups excluding carboxylic acids is 2. The molecule has 0 unspecified atom stereocenters. The van der Waals surface area contributed by atoms with Gasteiger partial charge in [0.2, 0.25) is 5.90 Å². The maximum atomic E-state index is 13.4. The second-order valence-electron chi connectivity index (χ2n) is 5.94. The van der Waals surface area contributed by atoms with Crippen molar-refractivity contribution in [3.05, 3.63) is 63.5 Å². The average molecular weight is 462 g/mol. The van der Waals surface area contributed by atoms with Crippen molar-refractivity contribution < 1.29 is 28.2 Å². The van der Waals surface area contributed by atoms with E-state index in [9.17, 15) is 14.0 Å². The molecule has 0 saturated heterocycles. The van der Waals surface area contributed by atoms with E-state index in [0.717, 1.165) is 0 Å². The number of rotatable bonds is 6. The first kappa shape index (κ1) is 20.7. The lowest BCUT2D eigenvalue weighted by Gasteiger charge is -2.13. The van der Waals surface area contributed by atoms with Crippen molar-refractivity contribution in [2.45, 2.75) is 20.3 Å². The van der Waals surface area contributed by atoms with Crippen LogP contribution in [0, 0.1) is 5.82 Å². The molecule has 2 aromatic rings. The third-order valence-corrected chi connectivity index (χ3v) is 4.42. The number of hydrogen-bond donors (Lipinski definition) is 0. The molecule has 0 aliphatic carbocycles. The number of ether oxygens (including phenoxy) is 3. The van der Waals surface area contributed by atoms with E-state index in [1.165, 1.54) is 24.3 Å². The average Bonchev–Trinajstić information content (AvgIpc) is 3.05. The molecule has 0 fully saturated rings. The summed E-state index contributed by atoms with van der Waals surface area (Å²) in [4.78, 5) is 28.0. The third kappa shape index (κ3) is 4.89. The van der Waals surface area contributed by atoms with Gasteiger partial charge in [-0.25, -0.2) is 14.2 Å². The normalized spacial score (nSPS) is 14.6. The lowest BCUT2D eigenvalue weighted by Crippen LogP contribution is -2.08. The molecule has 1 heterocycles. The molecule has 1 aliphatic heterocycles. The minimum Gasteiger partial charge on any atom is -0.490 e. The Hall–Kier alpha value is -3.00. The maximum Gasteiger partial charge on any atom is 0.363 e. The molecule has 3 rings (SSSR count). The molecule has 1 aliphatic rings. The van der Waals surface area contributed by atoms with E-state index < -0.39 is 17.8 Å². The highest BCUT2D eigenvalue weighted by molar-refractivity contribution is 9.10. The van der Waals surface area contributed by atoms with Gasteiger partial charge in [-0.05, 0) is 64.8 Å². The summed E-state index contributed by atoms with van der Waals surface area (Å²) in [5, 5.41) is 0. The van der Waals surface area contributed by atoms with Crippen LogP contribution in [0.15, 0.2) is 51.6 Å². The highest BCUT2D eigenvalue weighted by Gasteiger charge is 2.25. The predicted molar refractivity (Wildman–Crippen MR) is 108 cm³/mol. The second-order valence-corrected chi connectivity index (χ2v) is 6.79. The topological polar surface area (TPSA) is 74.2 Å². The molecule has 0 N–H and O–H groups in total. The highest BCUT2D eigenvalue weighted by Crippen LogP contribution is 2.38. The third-order valence-electron chi connectivity index (χ3n) is 3.83. The summed E-state index contributed by atoms with van der Waals surface area (Å²) >= 11 is 3.37. The van der Waals surface area contributed by atoms with Gasteiger partial charge in [0.1, 0.15) is 5.82 Å². The smallest absolute Gasteiger partial charge is 0.363 e. The quantitative estimate of drug-likeness (QED) is 0.355. The van der Waals surface area contributed by atoms with Crippen LogP contribution < -0.4 is 9.47 Å². The Labute approximate surface area is 175 Å². The summed E-state index contributed by atoms with van der Waals surface area (Å²) in [6.45, 7) is 3.84. The summed E-state index contributed by atoms with van der Waals surface area (Å²) in [6.07, 6.45) is 1.72. The predicted octanol–water partition coefficient (Wildman–Crippen LogP) is 4.65. The maximum absolute atomic E-state index is 13.4. The molecule has 150 valence electrons. The molecule has 0 amide bonds. The van der Waals surface area contributed by atoms with E-state index in [2.05, 4.69) is 20.9 Å². The van der Waals surface area contributed by atoms with Crippen LogP contribution >= 0.6 is 15.9 Å². The van der Waals surface area contributed by atoms with Gasteiger partial charge in [0, 0.05) is 12.0 Å². The molecular weight excluding hydrogens is 445 g/mol. The van der Waals surface area contributed by atoms with Gasteiger partial charge in [-0.3, -0.25) is 4.79 Å². The molecule has 0 saturated carbocycles. The first-order chi connectivity index (χ1) is 13.9. The van der Waals surface area contributed by atoms with Gasteiger partial charge in [-0.1, -0.05) is 13.0 Å². The van der Waals surface area contributed by atoms with Crippen LogP contribution in [0.25, 0.3) is 6.08 Å². The molecule has 0 bridgehead atoms. The lowest BCUT2D eigenvalue weighted by atomic mass is 10.1. The molecule has 0 aromatic heterocycles. The molecule has 6 nitrogen and oxygen atoms in total. The van der Waals surface area contributed by atoms with E-state index in [4.69, 9.17) is 14.2 Å². The van der Waals surface area contributed by atoms with Crippen molar-refractivity contribution in [3.63, 3.8) is 0 Å². The standard InChI is InChI=1S/C21H17BrFNO5/c1-3-18(25)28-19-15(22)8-12(10-17(19)27-4-2)9-16-21(26)29-20(24-16)13-6-5-7-14(23)11-13/h5-11H,3-4H2,1-2H3/b16-9-. The van der Waals surface area contributed by atoms with Gasteiger partial charge in [0.15, 0.2) is 17.2 Å². The van der Waals surface area contributed by atoms with Gasteiger partial charge >= 0.3 is 11.9 Å². The Morgan fingerprint density at radius 1 is 1.28 bits per heavy atom. The zero-order valence-corrected chi connectivity index (χ0v) is 17.3. The number of carbonyl (C=O) groups is 2. The monoisotopic (exact) mass is 461 g/mol.